The maximum Gasteiger partial charge on any atom is 0.341 e. The first kappa shape index (κ1) is 10.6. The minimum Gasteiger partial charge on any atom is -0.479 e. The maximum atomic E-state index is 13.9. The van der Waals surface area contributed by atoms with E-state index < -0.39 is 11.6 Å². The maximum absolute atomic E-state index is 13.9. The van der Waals surface area contributed by atoms with Gasteiger partial charge in [-0.2, -0.15) is 0 Å². The van der Waals surface area contributed by atoms with Gasteiger partial charge in [0.05, 0.1) is 0 Å². The molecule has 80 valence electrons. The molecule has 0 fully saturated rings. The number of hydrogen-bond acceptors (Lipinski definition) is 1. The van der Waals surface area contributed by atoms with Gasteiger partial charge in [-0.15, -0.1) is 0 Å². The monoisotopic (exact) mass is 272 g/mol. The molecule has 0 heterocycles. The number of halogens is 2. The number of aliphatic carboxylic acids is 1. The van der Waals surface area contributed by atoms with Crippen molar-refractivity contribution < 1.29 is 14.3 Å². The van der Waals surface area contributed by atoms with Gasteiger partial charge in [0.25, 0.3) is 0 Å². The summed E-state index contributed by atoms with van der Waals surface area (Å²) in [5.74, 6) is -1.35. The Morgan fingerprint density at radius 3 is 2.87 bits per heavy atom. The van der Waals surface area contributed by atoms with E-state index >= 15 is 0 Å². The fourth-order valence-electron chi connectivity index (χ4n) is 1.91. The molecule has 0 bridgehead atoms. The molecular formula is C11H10BrFO2. The van der Waals surface area contributed by atoms with Crippen molar-refractivity contribution in [1.82, 2.24) is 0 Å². The highest BCUT2D eigenvalue weighted by Crippen LogP contribution is 2.33. The zero-order valence-electron chi connectivity index (χ0n) is 7.96. The number of aryl methyl sites for hydroxylation is 1. The number of carbonyl (C=O) groups is 1. The first-order chi connectivity index (χ1) is 7.01. The van der Waals surface area contributed by atoms with E-state index in [1.54, 1.807) is 6.07 Å². The van der Waals surface area contributed by atoms with E-state index in [0.29, 0.717) is 6.42 Å². The topological polar surface area (TPSA) is 37.3 Å². The Kier molecular flexibility index (Phi) is 2.54. The Labute approximate surface area is 95.2 Å². The third kappa shape index (κ3) is 1.91. The van der Waals surface area contributed by atoms with Crippen LogP contribution in [-0.4, -0.2) is 16.7 Å². The minimum atomic E-state index is -2.08. The highest BCUT2D eigenvalue weighted by Gasteiger charge is 2.41. The molecule has 2 rings (SSSR count). The van der Waals surface area contributed by atoms with Crippen LogP contribution in [0.4, 0.5) is 4.39 Å². The van der Waals surface area contributed by atoms with Gasteiger partial charge in [0.1, 0.15) is 0 Å². The van der Waals surface area contributed by atoms with Gasteiger partial charge in [-0.25, -0.2) is 9.18 Å². The van der Waals surface area contributed by atoms with Crippen LogP contribution in [0.15, 0.2) is 22.7 Å². The second kappa shape index (κ2) is 3.59. The van der Waals surface area contributed by atoms with Gasteiger partial charge in [-0.05, 0) is 36.1 Å². The summed E-state index contributed by atoms with van der Waals surface area (Å²) in [5, 5.41) is 8.79. The second-order valence-electron chi connectivity index (χ2n) is 3.86. The first-order valence-electron chi connectivity index (χ1n) is 4.71. The van der Waals surface area contributed by atoms with Crippen LogP contribution in [0.3, 0.4) is 0 Å². The fraction of sp³-hybridized carbons (Fsp3) is 0.364. The van der Waals surface area contributed by atoms with Crippen LogP contribution in [0.1, 0.15) is 17.5 Å². The van der Waals surface area contributed by atoms with Crippen LogP contribution in [0.25, 0.3) is 0 Å². The molecule has 15 heavy (non-hydrogen) atoms. The number of carboxylic acids is 1. The molecule has 1 aromatic carbocycles. The molecule has 1 N–H and O–H groups in total. The molecule has 1 aromatic rings. The van der Waals surface area contributed by atoms with Crippen LogP contribution in [-0.2, 0) is 17.6 Å². The molecule has 1 aliphatic rings. The van der Waals surface area contributed by atoms with Crippen molar-refractivity contribution in [3.8, 4) is 0 Å². The van der Waals surface area contributed by atoms with E-state index in [9.17, 15) is 9.18 Å². The molecule has 0 radical (unpaired) electrons. The van der Waals surface area contributed by atoms with Crippen LogP contribution >= 0.6 is 15.9 Å². The fourth-order valence-corrected chi connectivity index (χ4v) is 2.31. The quantitative estimate of drug-likeness (QED) is 0.854. The molecular weight excluding hydrogens is 263 g/mol. The second-order valence-corrected chi connectivity index (χ2v) is 4.78. The third-order valence-corrected chi connectivity index (χ3v) is 3.31. The van der Waals surface area contributed by atoms with Crippen molar-refractivity contribution in [2.75, 3.05) is 0 Å². The molecule has 1 unspecified atom stereocenters. The summed E-state index contributed by atoms with van der Waals surface area (Å²) in [5.41, 5.74) is -0.242. The Morgan fingerprint density at radius 1 is 1.47 bits per heavy atom. The predicted octanol–water partition coefficient (Wildman–Crippen LogP) is 2.73. The summed E-state index contributed by atoms with van der Waals surface area (Å²) in [6, 6.07) is 5.53. The van der Waals surface area contributed by atoms with E-state index in [2.05, 4.69) is 15.9 Å². The van der Waals surface area contributed by atoms with Crippen molar-refractivity contribution in [1.29, 1.82) is 0 Å². The van der Waals surface area contributed by atoms with Crippen LogP contribution < -0.4 is 0 Å². The molecule has 0 aliphatic heterocycles. The molecule has 0 saturated heterocycles. The molecule has 0 amide bonds. The normalized spacial score (nSPS) is 24.7. The summed E-state index contributed by atoms with van der Waals surface area (Å²) in [4.78, 5) is 10.8. The summed E-state index contributed by atoms with van der Waals surface area (Å²) in [7, 11) is 0. The Hall–Kier alpha value is -0.900. The van der Waals surface area contributed by atoms with Crippen LogP contribution in [0.5, 0.6) is 0 Å². The van der Waals surface area contributed by atoms with E-state index in [1.165, 1.54) is 0 Å². The minimum absolute atomic E-state index is 0.0229. The van der Waals surface area contributed by atoms with Crippen molar-refractivity contribution in [3.05, 3.63) is 33.8 Å². The molecule has 1 atom stereocenters. The predicted molar refractivity (Wildman–Crippen MR) is 57.6 cm³/mol. The van der Waals surface area contributed by atoms with Crippen molar-refractivity contribution >= 4 is 21.9 Å². The van der Waals surface area contributed by atoms with E-state index in [-0.39, 0.29) is 12.8 Å². The van der Waals surface area contributed by atoms with Gasteiger partial charge >= 0.3 is 5.97 Å². The van der Waals surface area contributed by atoms with Crippen LogP contribution in [0, 0.1) is 0 Å². The number of alkyl halides is 1. The average molecular weight is 273 g/mol. The molecule has 4 heteroatoms. The SMILES string of the molecule is O=C(O)C1(F)CCc2cc(Br)ccc2C1. The lowest BCUT2D eigenvalue weighted by Crippen LogP contribution is -2.39. The number of hydrogen-bond donors (Lipinski definition) is 1. The smallest absolute Gasteiger partial charge is 0.341 e. The zero-order valence-corrected chi connectivity index (χ0v) is 9.55. The Morgan fingerprint density at radius 2 is 2.20 bits per heavy atom. The van der Waals surface area contributed by atoms with Crippen molar-refractivity contribution in [2.24, 2.45) is 0 Å². The third-order valence-electron chi connectivity index (χ3n) is 2.81. The summed E-state index contributed by atoms with van der Waals surface area (Å²) >= 11 is 3.34. The van der Waals surface area contributed by atoms with Gasteiger partial charge in [0.15, 0.2) is 0 Å². The Bertz CT molecular complexity index is 419. The number of benzene rings is 1. The van der Waals surface area contributed by atoms with Gasteiger partial charge in [-0.3, -0.25) is 0 Å². The molecule has 0 aromatic heterocycles. The lowest BCUT2D eigenvalue weighted by atomic mass is 9.82. The molecule has 0 spiro atoms. The largest absolute Gasteiger partial charge is 0.479 e. The average Bonchev–Trinajstić information content (AvgIpc) is 2.18. The highest BCUT2D eigenvalue weighted by molar-refractivity contribution is 9.10. The number of rotatable bonds is 1. The van der Waals surface area contributed by atoms with Gasteiger partial charge in [0, 0.05) is 10.9 Å². The molecule has 0 saturated carbocycles. The Balaban J connectivity index is 2.35. The molecule has 1 aliphatic carbocycles. The number of carboxylic acid groups (broad SMARTS) is 1. The standard InChI is InChI=1S/C11H10BrFO2/c12-9-2-1-8-6-11(13,10(14)15)4-3-7(8)5-9/h1-2,5H,3-4,6H2,(H,14,15). The summed E-state index contributed by atoms with van der Waals surface area (Å²) < 4.78 is 14.8. The van der Waals surface area contributed by atoms with E-state index in [4.69, 9.17) is 5.11 Å². The summed E-state index contributed by atoms with van der Waals surface area (Å²) in [6.45, 7) is 0. The summed E-state index contributed by atoms with van der Waals surface area (Å²) in [6.07, 6.45) is 0.522. The van der Waals surface area contributed by atoms with Crippen molar-refractivity contribution in [3.63, 3.8) is 0 Å². The first-order valence-corrected chi connectivity index (χ1v) is 5.50. The highest BCUT2D eigenvalue weighted by atomic mass is 79.9. The van der Waals surface area contributed by atoms with E-state index in [0.717, 1.165) is 15.6 Å². The lowest BCUT2D eigenvalue weighted by Gasteiger charge is -2.27. The number of fused-ring (bicyclic) bond motifs is 1. The van der Waals surface area contributed by atoms with Gasteiger partial charge < -0.3 is 5.11 Å². The van der Waals surface area contributed by atoms with E-state index in [1.807, 2.05) is 12.1 Å². The van der Waals surface area contributed by atoms with Crippen LogP contribution in [0.2, 0.25) is 0 Å². The molecule has 2 nitrogen and oxygen atoms in total. The van der Waals surface area contributed by atoms with Gasteiger partial charge in [0.2, 0.25) is 5.67 Å². The van der Waals surface area contributed by atoms with Gasteiger partial charge in [-0.1, -0.05) is 22.0 Å². The van der Waals surface area contributed by atoms with Crippen molar-refractivity contribution in [2.45, 2.75) is 24.9 Å². The lowest BCUT2D eigenvalue weighted by molar-refractivity contribution is -0.151. The zero-order chi connectivity index (χ0) is 11.1.